The second-order valence-electron chi connectivity index (χ2n) is 4.58. The van der Waals surface area contributed by atoms with E-state index in [1.54, 1.807) is 0 Å². The van der Waals surface area contributed by atoms with Crippen molar-refractivity contribution in [2.45, 2.75) is 44.2 Å². The molecule has 94 valence electrons. The van der Waals surface area contributed by atoms with E-state index in [0.29, 0.717) is 0 Å². The van der Waals surface area contributed by atoms with Gasteiger partial charge in [-0.2, -0.15) is 0 Å². The second-order valence-corrected chi connectivity index (χ2v) is 4.58. The summed E-state index contributed by atoms with van der Waals surface area (Å²) in [5.41, 5.74) is 0.261. The molecule has 0 aromatic heterocycles. The summed E-state index contributed by atoms with van der Waals surface area (Å²) in [7, 11) is 0. The van der Waals surface area contributed by atoms with Gasteiger partial charge in [0.25, 0.3) is 0 Å². The first kappa shape index (κ1) is 12.3. The zero-order valence-electron chi connectivity index (χ0n) is 9.63. The third kappa shape index (κ3) is 3.16. The van der Waals surface area contributed by atoms with Crippen molar-refractivity contribution >= 4 is 5.69 Å². The summed E-state index contributed by atoms with van der Waals surface area (Å²) < 4.78 is 26.2. The van der Waals surface area contributed by atoms with Crippen LogP contribution < -0.4 is 5.32 Å². The van der Waals surface area contributed by atoms with Gasteiger partial charge in [0.1, 0.15) is 11.6 Å². The SMILES string of the molecule is OC1CCCCCC1Nc1ccc(F)cc1F. The summed E-state index contributed by atoms with van der Waals surface area (Å²) in [5.74, 6) is -1.20. The molecule has 2 unspecified atom stereocenters. The Morgan fingerprint density at radius 2 is 1.88 bits per heavy atom. The smallest absolute Gasteiger partial charge is 0.149 e. The van der Waals surface area contributed by atoms with E-state index in [4.69, 9.17) is 0 Å². The lowest BCUT2D eigenvalue weighted by Gasteiger charge is -2.23. The van der Waals surface area contributed by atoms with Crippen LogP contribution in [0.4, 0.5) is 14.5 Å². The molecule has 1 fully saturated rings. The molecule has 1 aromatic rings. The molecule has 2 rings (SSSR count). The van der Waals surface area contributed by atoms with E-state index in [9.17, 15) is 13.9 Å². The molecule has 2 N–H and O–H groups in total. The van der Waals surface area contributed by atoms with Gasteiger partial charge in [0.2, 0.25) is 0 Å². The Morgan fingerprint density at radius 1 is 1.12 bits per heavy atom. The molecule has 1 saturated carbocycles. The van der Waals surface area contributed by atoms with E-state index >= 15 is 0 Å². The highest BCUT2D eigenvalue weighted by Crippen LogP contribution is 2.23. The first-order valence-corrected chi connectivity index (χ1v) is 6.06. The van der Waals surface area contributed by atoms with Gasteiger partial charge in [0.05, 0.1) is 17.8 Å². The van der Waals surface area contributed by atoms with Gasteiger partial charge in [-0.05, 0) is 25.0 Å². The van der Waals surface area contributed by atoms with E-state index in [-0.39, 0.29) is 11.7 Å². The molecular formula is C13H17F2NO. The predicted octanol–water partition coefficient (Wildman–Crippen LogP) is 3.07. The highest BCUT2D eigenvalue weighted by atomic mass is 19.1. The maximum absolute atomic E-state index is 13.4. The Labute approximate surface area is 99.7 Å². The number of nitrogens with one attached hydrogen (secondary N) is 1. The minimum Gasteiger partial charge on any atom is -0.391 e. The fourth-order valence-corrected chi connectivity index (χ4v) is 2.26. The third-order valence-electron chi connectivity index (χ3n) is 3.25. The van der Waals surface area contributed by atoms with Gasteiger partial charge < -0.3 is 10.4 Å². The van der Waals surface area contributed by atoms with Gasteiger partial charge in [-0.1, -0.05) is 19.3 Å². The van der Waals surface area contributed by atoms with Crippen LogP contribution in [0.15, 0.2) is 18.2 Å². The molecule has 0 radical (unpaired) electrons. The fourth-order valence-electron chi connectivity index (χ4n) is 2.26. The number of halogens is 2. The van der Waals surface area contributed by atoms with Crippen molar-refractivity contribution in [1.29, 1.82) is 0 Å². The molecule has 0 aliphatic heterocycles. The Kier molecular flexibility index (Phi) is 3.94. The minimum absolute atomic E-state index is 0.141. The molecule has 17 heavy (non-hydrogen) atoms. The molecule has 1 aliphatic carbocycles. The van der Waals surface area contributed by atoms with Crippen molar-refractivity contribution in [3.63, 3.8) is 0 Å². The van der Waals surface area contributed by atoms with Crippen molar-refractivity contribution in [3.05, 3.63) is 29.8 Å². The average molecular weight is 241 g/mol. The summed E-state index contributed by atoms with van der Waals surface area (Å²) in [4.78, 5) is 0. The lowest BCUT2D eigenvalue weighted by atomic mass is 10.1. The van der Waals surface area contributed by atoms with E-state index in [1.165, 1.54) is 12.1 Å². The first-order chi connectivity index (χ1) is 8.16. The number of aliphatic hydroxyl groups excluding tert-OH is 1. The lowest BCUT2D eigenvalue weighted by molar-refractivity contribution is 0.144. The van der Waals surface area contributed by atoms with Crippen molar-refractivity contribution in [2.75, 3.05) is 5.32 Å². The topological polar surface area (TPSA) is 32.3 Å². The molecule has 0 spiro atoms. The van der Waals surface area contributed by atoms with Gasteiger partial charge >= 0.3 is 0 Å². The van der Waals surface area contributed by atoms with E-state index in [1.807, 2.05) is 0 Å². The van der Waals surface area contributed by atoms with E-state index in [0.717, 1.165) is 38.2 Å². The van der Waals surface area contributed by atoms with Gasteiger partial charge in [-0.25, -0.2) is 8.78 Å². The molecule has 0 saturated heterocycles. The number of rotatable bonds is 2. The van der Waals surface area contributed by atoms with Crippen LogP contribution in [0.5, 0.6) is 0 Å². The standard InChI is InChI=1S/C13H17F2NO/c14-9-6-7-11(10(15)8-9)16-12-4-2-1-3-5-13(12)17/h6-8,12-13,16-17H,1-5H2. The minimum atomic E-state index is -0.610. The molecule has 1 aliphatic rings. The van der Waals surface area contributed by atoms with Crippen LogP contribution in [0.1, 0.15) is 32.1 Å². The van der Waals surface area contributed by atoms with Crippen LogP contribution >= 0.6 is 0 Å². The first-order valence-electron chi connectivity index (χ1n) is 6.06. The molecule has 1 aromatic carbocycles. The zero-order chi connectivity index (χ0) is 12.3. The van der Waals surface area contributed by atoms with E-state index in [2.05, 4.69) is 5.32 Å². The molecule has 2 atom stereocenters. The van der Waals surface area contributed by atoms with Crippen LogP contribution in [0.3, 0.4) is 0 Å². The number of anilines is 1. The van der Waals surface area contributed by atoms with Gasteiger partial charge in [0.15, 0.2) is 0 Å². The maximum atomic E-state index is 13.4. The van der Waals surface area contributed by atoms with Crippen LogP contribution in [0, 0.1) is 11.6 Å². The monoisotopic (exact) mass is 241 g/mol. The van der Waals surface area contributed by atoms with Crippen LogP contribution in [0.25, 0.3) is 0 Å². The highest BCUT2D eigenvalue weighted by Gasteiger charge is 2.22. The summed E-state index contributed by atoms with van der Waals surface area (Å²) in [6.07, 6.45) is 4.23. The molecule has 0 heterocycles. The maximum Gasteiger partial charge on any atom is 0.149 e. The summed E-state index contributed by atoms with van der Waals surface area (Å²) in [5, 5.41) is 12.9. The van der Waals surface area contributed by atoms with Crippen LogP contribution in [-0.2, 0) is 0 Å². The van der Waals surface area contributed by atoms with Crippen molar-refractivity contribution in [3.8, 4) is 0 Å². The number of hydrogen-bond acceptors (Lipinski definition) is 2. The largest absolute Gasteiger partial charge is 0.391 e. The fraction of sp³-hybridized carbons (Fsp3) is 0.538. The summed E-state index contributed by atoms with van der Waals surface area (Å²) in [6, 6.07) is 3.31. The Balaban J connectivity index is 2.08. The quantitative estimate of drug-likeness (QED) is 0.780. The average Bonchev–Trinajstić information content (AvgIpc) is 2.48. The van der Waals surface area contributed by atoms with E-state index < -0.39 is 17.7 Å². The lowest BCUT2D eigenvalue weighted by Crippen LogP contribution is -2.32. The molecule has 2 nitrogen and oxygen atoms in total. The number of aliphatic hydroxyl groups is 1. The van der Waals surface area contributed by atoms with Crippen molar-refractivity contribution < 1.29 is 13.9 Å². The molecule has 0 amide bonds. The second kappa shape index (κ2) is 5.45. The van der Waals surface area contributed by atoms with Gasteiger partial charge in [0, 0.05) is 6.07 Å². The normalized spacial score (nSPS) is 25.4. The zero-order valence-corrected chi connectivity index (χ0v) is 9.63. The number of benzene rings is 1. The summed E-state index contributed by atoms with van der Waals surface area (Å²) in [6.45, 7) is 0. The summed E-state index contributed by atoms with van der Waals surface area (Å²) >= 11 is 0. The molecule has 0 bridgehead atoms. The Morgan fingerprint density at radius 3 is 2.65 bits per heavy atom. The van der Waals surface area contributed by atoms with Crippen molar-refractivity contribution in [1.82, 2.24) is 0 Å². The third-order valence-corrected chi connectivity index (χ3v) is 3.25. The van der Waals surface area contributed by atoms with Crippen molar-refractivity contribution in [2.24, 2.45) is 0 Å². The number of hydrogen-bond donors (Lipinski definition) is 2. The van der Waals surface area contributed by atoms with Gasteiger partial charge in [-0.15, -0.1) is 0 Å². The molecular weight excluding hydrogens is 224 g/mol. The Bertz CT molecular complexity index is 384. The Hall–Kier alpha value is -1.16. The van der Waals surface area contributed by atoms with Crippen LogP contribution in [-0.4, -0.2) is 17.3 Å². The highest BCUT2D eigenvalue weighted by molar-refractivity contribution is 5.45. The van der Waals surface area contributed by atoms with Crippen LogP contribution in [0.2, 0.25) is 0 Å². The molecule has 4 heteroatoms. The van der Waals surface area contributed by atoms with Gasteiger partial charge in [-0.3, -0.25) is 0 Å². The predicted molar refractivity (Wildman–Crippen MR) is 62.9 cm³/mol.